The van der Waals surface area contributed by atoms with Crippen LogP contribution in [0.5, 0.6) is 0 Å². The molecule has 0 aliphatic rings. The third kappa shape index (κ3) is 17.8. The zero-order chi connectivity index (χ0) is 5.70. The quantitative estimate of drug-likeness (QED) is 0.641. The summed E-state index contributed by atoms with van der Waals surface area (Å²) in [5, 5.41) is 0. The molecule has 0 atom stereocenters. The summed E-state index contributed by atoms with van der Waals surface area (Å²) in [6, 6.07) is 0. The summed E-state index contributed by atoms with van der Waals surface area (Å²) in [5.41, 5.74) is 0. The van der Waals surface area contributed by atoms with Crippen molar-refractivity contribution in [2.24, 2.45) is 0 Å². The van der Waals surface area contributed by atoms with Crippen molar-refractivity contribution in [2.75, 3.05) is 0 Å². The molecule has 0 spiro atoms. The molecule has 0 N–H and O–H groups in total. The number of halogens is 2. The fourth-order valence-corrected chi connectivity index (χ4v) is 0.426. The topological polar surface area (TPSA) is 17.1 Å². The first-order chi connectivity index (χ1) is 3.27. The van der Waals surface area contributed by atoms with Crippen LogP contribution in [-0.4, -0.2) is 5.78 Å². The molecule has 9 heavy (non-hydrogen) atoms. The van der Waals surface area contributed by atoms with Crippen LogP contribution in [0.1, 0.15) is 33.1 Å². The van der Waals surface area contributed by atoms with Gasteiger partial charge in [-0.2, -0.15) is 0 Å². The zero-order valence-electron chi connectivity index (χ0n) is 5.85. The molecule has 0 aliphatic carbocycles. The highest BCUT2D eigenvalue weighted by molar-refractivity contribution is 5.85. The average molecular weight is 173 g/mol. The van der Waals surface area contributed by atoms with Crippen molar-refractivity contribution in [2.45, 2.75) is 33.1 Å². The van der Waals surface area contributed by atoms with E-state index < -0.39 is 0 Å². The van der Waals surface area contributed by atoms with Gasteiger partial charge in [-0.1, -0.05) is 13.3 Å². The van der Waals surface area contributed by atoms with E-state index in [1.165, 1.54) is 0 Å². The van der Waals surface area contributed by atoms with E-state index in [0.29, 0.717) is 5.78 Å². The van der Waals surface area contributed by atoms with E-state index in [-0.39, 0.29) is 24.8 Å². The van der Waals surface area contributed by atoms with Crippen LogP contribution in [0.2, 0.25) is 0 Å². The molecule has 0 aromatic carbocycles. The third-order valence-electron chi connectivity index (χ3n) is 0.882. The first kappa shape index (κ1) is 16.1. The first-order valence-corrected chi connectivity index (χ1v) is 2.76. The van der Waals surface area contributed by atoms with Crippen molar-refractivity contribution < 1.29 is 4.79 Å². The van der Waals surface area contributed by atoms with Gasteiger partial charge in [-0.25, -0.2) is 0 Å². The maximum atomic E-state index is 10.2. The van der Waals surface area contributed by atoms with Crippen molar-refractivity contribution in [3.63, 3.8) is 0 Å². The number of ketones is 1. The van der Waals surface area contributed by atoms with Crippen LogP contribution in [0.3, 0.4) is 0 Å². The zero-order valence-corrected chi connectivity index (χ0v) is 7.48. The van der Waals surface area contributed by atoms with Gasteiger partial charge >= 0.3 is 0 Å². The van der Waals surface area contributed by atoms with Gasteiger partial charge in [-0.15, -0.1) is 24.8 Å². The number of rotatable bonds is 3. The Balaban J connectivity index is -0.000000180. The molecule has 0 unspecified atom stereocenters. The maximum absolute atomic E-state index is 10.2. The molecule has 0 fully saturated rings. The Hall–Kier alpha value is 0.250. The van der Waals surface area contributed by atoms with Gasteiger partial charge in [0.2, 0.25) is 0 Å². The number of Topliss-reactive ketones (excluding diaryl/α,β-unsaturated/α-hetero) is 1. The van der Waals surface area contributed by atoms with Crippen LogP contribution in [0.4, 0.5) is 0 Å². The number of hydrogen-bond donors (Lipinski definition) is 0. The Labute approximate surface area is 69.0 Å². The molecule has 0 heterocycles. The van der Waals surface area contributed by atoms with Gasteiger partial charge in [0.25, 0.3) is 0 Å². The number of hydrogen-bond acceptors (Lipinski definition) is 1. The first-order valence-electron chi connectivity index (χ1n) is 2.76. The lowest BCUT2D eigenvalue weighted by atomic mass is 10.2. The van der Waals surface area contributed by atoms with E-state index in [0.717, 1.165) is 19.3 Å². The van der Waals surface area contributed by atoms with E-state index >= 15 is 0 Å². The van der Waals surface area contributed by atoms with Gasteiger partial charge in [0.1, 0.15) is 5.78 Å². The molecule has 0 aromatic heterocycles. The van der Waals surface area contributed by atoms with Crippen molar-refractivity contribution in [3.8, 4) is 0 Å². The SMILES string of the molecule is CCCCC(C)=O.Cl.Cl. The molecule has 0 aromatic rings. The van der Waals surface area contributed by atoms with Crippen molar-refractivity contribution in [1.82, 2.24) is 0 Å². The number of carbonyl (C=O) groups excluding carboxylic acids is 1. The minimum absolute atomic E-state index is 0. The molecular weight excluding hydrogens is 159 g/mol. The van der Waals surface area contributed by atoms with Gasteiger partial charge in [0.15, 0.2) is 0 Å². The van der Waals surface area contributed by atoms with Crippen molar-refractivity contribution in [3.05, 3.63) is 0 Å². The molecule has 0 saturated heterocycles. The lowest BCUT2D eigenvalue weighted by Gasteiger charge is -1.86. The molecule has 0 amide bonds. The Morgan fingerprint density at radius 3 is 1.89 bits per heavy atom. The van der Waals surface area contributed by atoms with Gasteiger partial charge in [0, 0.05) is 6.42 Å². The highest BCUT2D eigenvalue weighted by atomic mass is 35.5. The summed E-state index contributed by atoms with van der Waals surface area (Å²) < 4.78 is 0. The summed E-state index contributed by atoms with van der Waals surface area (Å²) in [4.78, 5) is 10.2. The van der Waals surface area contributed by atoms with Crippen LogP contribution < -0.4 is 0 Å². The normalized spacial score (nSPS) is 6.89. The Kier molecular flexibility index (Phi) is 19.9. The summed E-state index contributed by atoms with van der Waals surface area (Å²) in [5.74, 6) is 0.307. The van der Waals surface area contributed by atoms with Crippen LogP contribution in [0, 0.1) is 0 Å². The smallest absolute Gasteiger partial charge is 0.129 e. The second kappa shape index (κ2) is 11.1. The van der Waals surface area contributed by atoms with Gasteiger partial charge in [-0.05, 0) is 13.3 Å². The molecule has 0 radical (unpaired) electrons. The minimum atomic E-state index is 0. The van der Waals surface area contributed by atoms with Crippen molar-refractivity contribution >= 4 is 30.6 Å². The Morgan fingerprint density at radius 2 is 1.78 bits per heavy atom. The molecule has 0 aliphatic heterocycles. The van der Waals surface area contributed by atoms with E-state index in [9.17, 15) is 4.79 Å². The molecule has 0 rings (SSSR count). The second-order valence-electron chi connectivity index (χ2n) is 1.81. The average Bonchev–Trinajstić information content (AvgIpc) is 1.61. The van der Waals surface area contributed by atoms with Crippen LogP contribution in [0.25, 0.3) is 0 Å². The third-order valence-corrected chi connectivity index (χ3v) is 0.882. The molecule has 0 saturated carbocycles. The van der Waals surface area contributed by atoms with E-state index in [1.807, 2.05) is 0 Å². The fraction of sp³-hybridized carbons (Fsp3) is 0.833. The maximum Gasteiger partial charge on any atom is 0.129 e. The van der Waals surface area contributed by atoms with Crippen LogP contribution in [0.15, 0.2) is 0 Å². The monoisotopic (exact) mass is 172 g/mol. The Bertz CT molecular complexity index is 64.1. The highest BCUT2D eigenvalue weighted by Crippen LogP contribution is 1.92. The highest BCUT2D eigenvalue weighted by Gasteiger charge is 1.87. The fourth-order valence-electron chi connectivity index (χ4n) is 0.426. The van der Waals surface area contributed by atoms with Gasteiger partial charge in [-0.3, -0.25) is 0 Å². The summed E-state index contributed by atoms with van der Waals surface area (Å²) in [7, 11) is 0. The van der Waals surface area contributed by atoms with Gasteiger partial charge < -0.3 is 4.79 Å². The largest absolute Gasteiger partial charge is 0.300 e. The van der Waals surface area contributed by atoms with Crippen LogP contribution in [-0.2, 0) is 4.79 Å². The number of carbonyl (C=O) groups is 1. The number of unbranched alkanes of at least 4 members (excludes halogenated alkanes) is 1. The van der Waals surface area contributed by atoms with E-state index in [1.54, 1.807) is 6.92 Å². The predicted molar refractivity (Wildman–Crippen MR) is 44.7 cm³/mol. The van der Waals surface area contributed by atoms with Crippen LogP contribution >= 0.6 is 24.8 Å². The van der Waals surface area contributed by atoms with Crippen molar-refractivity contribution in [1.29, 1.82) is 0 Å². The Morgan fingerprint density at radius 1 is 1.33 bits per heavy atom. The molecule has 0 bridgehead atoms. The van der Waals surface area contributed by atoms with Gasteiger partial charge in [0.05, 0.1) is 0 Å². The minimum Gasteiger partial charge on any atom is -0.300 e. The summed E-state index contributed by atoms with van der Waals surface area (Å²) in [6.45, 7) is 3.72. The lowest BCUT2D eigenvalue weighted by Crippen LogP contribution is -1.86. The second-order valence-corrected chi connectivity index (χ2v) is 1.81. The molecule has 58 valence electrons. The summed E-state index contributed by atoms with van der Waals surface area (Å²) in [6.07, 6.45) is 2.94. The molecule has 3 heteroatoms. The molecule has 1 nitrogen and oxygen atoms in total. The summed E-state index contributed by atoms with van der Waals surface area (Å²) >= 11 is 0. The van der Waals surface area contributed by atoms with E-state index in [4.69, 9.17) is 0 Å². The van der Waals surface area contributed by atoms with E-state index in [2.05, 4.69) is 6.92 Å². The lowest BCUT2D eigenvalue weighted by molar-refractivity contribution is -0.117. The molecular formula is C6H14Cl2O. The standard InChI is InChI=1S/C6H12O.2ClH/c1-3-4-5-6(2)7;;/h3-5H2,1-2H3;2*1H. The predicted octanol–water partition coefficient (Wildman–Crippen LogP) is 2.61.